The van der Waals surface area contributed by atoms with Crippen LogP contribution >= 0.6 is 11.3 Å². The van der Waals surface area contributed by atoms with E-state index in [1.807, 2.05) is 32.3 Å². The molecule has 3 aromatic heterocycles. The van der Waals surface area contributed by atoms with E-state index < -0.39 is 0 Å². The first-order chi connectivity index (χ1) is 14.0. The molecule has 0 bridgehead atoms. The second kappa shape index (κ2) is 6.93. The van der Waals surface area contributed by atoms with Crippen LogP contribution in [-0.2, 0) is 7.05 Å². The number of rotatable bonds is 3. The van der Waals surface area contributed by atoms with Gasteiger partial charge in [0.2, 0.25) is 0 Å². The molecular formula is C20H23N7OS. The second-order valence-electron chi connectivity index (χ2n) is 7.69. The molecule has 0 aliphatic carbocycles. The molecular weight excluding hydrogens is 386 g/mol. The molecule has 0 atom stereocenters. The monoisotopic (exact) mass is 409 g/mol. The highest BCUT2D eigenvalue weighted by atomic mass is 32.1. The average Bonchev–Trinajstić information content (AvgIpc) is 3.31. The molecule has 0 radical (unpaired) electrons. The molecule has 1 aliphatic heterocycles. The summed E-state index contributed by atoms with van der Waals surface area (Å²) in [4.78, 5) is 27.9. The standard InChI is InChI=1S/C20H23N7OS/c1-11-8-12(9-13-10-26(2)25-15(11)13)17-23-18(28)16-19(24-17)29-20(22-16)27(3)14-4-6-21-7-5-14/h8-10,14,21H,4-7H2,1-3H3,(H,23,24,28). The molecule has 1 fully saturated rings. The van der Waals surface area contributed by atoms with Gasteiger partial charge in [0.25, 0.3) is 5.56 Å². The normalized spacial score (nSPS) is 15.4. The van der Waals surface area contributed by atoms with Crippen molar-refractivity contribution in [2.75, 3.05) is 25.0 Å². The maximum atomic E-state index is 12.7. The van der Waals surface area contributed by atoms with Gasteiger partial charge in [0, 0.05) is 37.3 Å². The Balaban J connectivity index is 1.57. The van der Waals surface area contributed by atoms with Crippen molar-refractivity contribution in [1.29, 1.82) is 0 Å². The van der Waals surface area contributed by atoms with Gasteiger partial charge in [-0.2, -0.15) is 5.10 Å². The number of nitrogens with one attached hydrogen (secondary N) is 2. The van der Waals surface area contributed by atoms with Gasteiger partial charge in [-0.15, -0.1) is 0 Å². The summed E-state index contributed by atoms with van der Waals surface area (Å²) in [5.74, 6) is 0.566. The van der Waals surface area contributed by atoms with Crippen LogP contribution in [-0.4, -0.2) is 50.9 Å². The van der Waals surface area contributed by atoms with Crippen LogP contribution in [0.4, 0.5) is 5.13 Å². The minimum atomic E-state index is -0.199. The van der Waals surface area contributed by atoms with Gasteiger partial charge in [-0.1, -0.05) is 11.3 Å². The molecule has 1 saturated heterocycles. The van der Waals surface area contributed by atoms with Crippen molar-refractivity contribution in [1.82, 2.24) is 30.0 Å². The molecule has 0 saturated carbocycles. The number of benzene rings is 1. The fourth-order valence-corrected chi connectivity index (χ4v) is 5.00. The van der Waals surface area contributed by atoms with Crippen molar-refractivity contribution in [3.05, 3.63) is 34.2 Å². The molecule has 4 aromatic rings. The van der Waals surface area contributed by atoms with Crippen LogP contribution < -0.4 is 15.8 Å². The number of aromatic nitrogens is 5. The van der Waals surface area contributed by atoms with Crippen LogP contribution in [0.2, 0.25) is 0 Å². The van der Waals surface area contributed by atoms with E-state index in [9.17, 15) is 4.79 Å². The predicted molar refractivity (Wildman–Crippen MR) is 117 cm³/mol. The fourth-order valence-electron chi connectivity index (χ4n) is 4.03. The third-order valence-electron chi connectivity index (χ3n) is 5.60. The Morgan fingerprint density at radius 2 is 2.00 bits per heavy atom. The van der Waals surface area contributed by atoms with Crippen LogP contribution in [0, 0.1) is 6.92 Å². The first kappa shape index (κ1) is 18.3. The number of thiazole rings is 1. The highest BCUT2D eigenvalue weighted by Crippen LogP contribution is 2.30. The lowest BCUT2D eigenvalue weighted by atomic mass is 10.1. The van der Waals surface area contributed by atoms with Gasteiger partial charge in [-0.3, -0.25) is 9.48 Å². The zero-order valence-corrected chi connectivity index (χ0v) is 17.5. The molecule has 1 aliphatic rings. The summed E-state index contributed by atoms with van der Waals surface area (Å²) in [5, 5.41) is 9.75. The maximum absolute atomic E-state index is 12.7. The fraction of sp³-hybridized carbons (Fsp3) is 0.400. The number of hydrogen-bond donors (Lipinski definition) is 2. The Labute approximate surface area is 171 Å². The summed E-state index contributed by atoms with van der Waals surface area (Å²) >= 11 is 1.48. The van der Waals surface area contributed by atoms with Crippen LogP contribution in [0.25, 0.3) is 32.6 Å². The number of nitrogens with zero attached hydrogens (tertiary/aromatic N) is 5. The summed E-state index contributed by atoms with van der Waals surface area (Å²) in [6.45, 7) is 4.05. The SMILES string of the molecule is Cc1cc(-c2nc3sc(N(C)C4CCNCC4)nc3c(=O)[nH]2)cc2cn(C)nc12. The summed E-state index contributed by atoms with van der Waals surface area (Å²) in [7, 11) is 3.96. The van der Waals surface area contributed by atoms with Gasteiger partial charge >= 0.3 is 0 Å². The van der Waals surface area contributed by atoms with Crippen molar-refractivity contribution in [3.8, 4) is 11.4 Å². The third-order valence-corrected chi connectivity index (χ3v) is 6.64. The van der Waals surface area contributed by atoms with E-state index in [-0.39, 0.29) is 5.56 Å². The first-order valence-corrected chi connectivity index (χ1v) is 10.6. The van der Waals surface area contributed by atoms with E-state index in [1.54, 1.807) is 4.68 Å². The number of anilines is 1. The molecule has 29 heavy (non-hydrogen) atoms. The minimum absolute atomic E-state index is 0.199. The lowest BCUT2D eigenvalue weighted by molar-refractivity contribution is 0.443. The number of piperidine rings is 1. The van der Waals surface area contributed by atoms with Crippen LogP contribution in [0.15, 0.2) is 23.1 Å². The summed E-state index contributed by atoms with van der Waals surface area (Å²) in [6, 6.07) is 4.47. The molecule has 0 unspecified atom stereocenters. The number of aryl methyl sites for hydroxylation is 2. The molecule has 5 rings (SSSR count). The summed E-state index contributed by atoms with van der Waals surface area (Å²) in [6.07, 6.45) is 4.12. The highest BCUT2D eigenvalue weighted by molar-refractivity contribution is 7.21. The van der Waals surface area contributed by atoms with E-state index in [1.165, 1.54) is 11.3 Å². The molecule has 0 amide bonds. The van der Waals surface area contributed by atoms with E-state index in [2.05, 4.69) is 32.3 Å². The topological polar surface area (TPSA) is 91.7 Å². The minimum Gasteiger partial charge on any atom is -0.348 e. The van der Waals surface area contributed by atoms with Gasteiger partial charge < -0.3 is 15.2 Å². The lowest BCUT2D eigenvalue weighted by Gasteiger charge is -2.31. The van der Waals surface area contributed by atoms with Gasteiger partial charge in [0.15, 0.2) is 15.5 Å². The number of H-pyrrole nitrogens is 1. The van der Waals surface area contributed by atoms with Crippen molar-refractivity contribution in [2.45, 2.75) is 25.8 Å². The number of fused-ring (bicyclic) bond motifs is 2. The molecule has 0 spiro atoms. The van der Waals surface area contributed by atoms with E-state index in [0.717, 1.165) is 53.1 Å². The zero-order valence-electron chi connectivity index (χ0n) is 16.7. The average molecular weight is 410 g/mol. The molecule has 4 heterocycles. The van der Waals surface area contributed by atoms with Crippen molar-refractivity contribution >= 4 is 37.7 Å². The summed E-state index contributed by atoms with van der Waals surface area (Å²) in [5.41, 5.74) is 3.10. The second-order valence-corrected chi connectivity index (χ2v) is 8.65. The maximum Gasteiger partial charge on any atom is 0.278 e. The highest BCUT2D eigenvalue weighted by Gasteiger charge is 2.22. The molecule has 8 nitrogen and oxygen atoms in total. The molecule has 150 valence electrons. The Kier molecular flexibility index (Phi) is 4.36. The van der Waals surface area contributed by atoms with Gasteiger partial charge in [0.1, 0.15) is 5.82 Å². The Bertz CT molecular complexity index is 1270. The molecule has 2 N–H and O–H groups in total. The smallest absolute Gasteiger partial charge is 0.278 e. The Morgan fingerprint density at radius 1 is 1.21 bits per heavy atom. The largest absolute Gasteiger partial charge is 0.348 e. The van der Waals surface area contributed by atoms with Crippen LogP contribution in [0.1, 0.15) is 18.4 Å². The van der Waals surface area contributed by atoms with Crippen molar-refractivity contribution in [2.24, 2.45) is 7.05 Å². The van der Waals surface area contributed by atoms with Crippen molar-refractivity contribution < 1.29 is 0 Å². The molecule has 9 heteroatoms. The number of hydrogen-bond acceptors (Lipinski definition) is 7. The van der Waals surface area contributed by atoms with Crippen LogP contribution in [0.5, 0.6) is 0 Å². The van der Waals surface area contributed by atoms with Gasteiger partial charge in [-0.05, 0) is 50.6 Å². The first-order valence-electron chi connectivity index (χ1n) is 9.78. The third kappa shape index (κ3) is 3.20. The lowest BCUT2D eigenvalue weighted by Crippen LogP contribution is -2.41. The summed E-state index contributed by atoms with van der Waals surface area (Å²) < 4.78 is 1.80. The van der Waals surface area contributed by atoms with Crippen LogP contribution in [0.3, 0.4) is 0 Å². The quantitative estimate of drug-likeness (QED) is 0.540. The molecule has 1 aromatic carbocycles. The van der Waals surface area contributed by atoms with Crippen molar-refractivity contribution in [3.63, 3.8) is 0 Å². The van der Waals surface area contributed by atoms with Gasteiger partial charge in [-0.25, -0.2) is 9.97 Å². The van der Waals surface area contributed by atoms with E-state index in [0.29, 0.717) is 22.2 Å². The zero-order chi connectivity index (χ0) is 20.1. The Hall–Kier alpha value is -2.78. The number of aromatic amines is 1. The Morgan fingerprint density at radius 3 is 2.79 bits per heavy atom. The van der Waals surface area contributed by atoms with E-state index in [4.69, 9.17) is 4.98 Å². The van der Waals surface area contributed by atoms with E-state index >= 15 is 0 Å². The predicted octanol–water partition coefficient (Wildman–Crippen LogP) is 2.43. The van der Waals surface area contributed by atoms with Gasteiger partial charge in [0.05, 0.1) is 5.52 Å².